The first kappa shape index (κ1) is 26.3. The standard InChI is InChI=1S/C24H25BrN2O8/c1-4-34-21(29)24(22(30)35-5-2)14-23(20(28)33-3,17-8-6-7-9-18(17)27(31)32)19(26-24)15-10-12-16(25)13-11-15/h6-13,19,26H,4-5,14H2,1-3H3/t19-,23+/m1/s1. The molecule has 186 valence electrons. The van der Waals surface area contributed by atoms with Gasteiger partial charge in [0.05, 0.1) is 31.3 Å². The molecular formula is C24H25BrN2O8. The van der Waals surface area contributed by atoms with E-state index in [9.17, 15) is 24.5 Å². The normalized spacial score (nSPS) is 20.6. The zero-order valence-corrected chi connectivity index (χ0v) is 21.0. The van der Waals surface area contributed by atoms with Gasteiger partial charge in [-0.15, -0.1) is 0 Å². The molecule has 35 heavy (non-hydrogen) atoms. The first-order valence-electron chi connectivity index (χ1n) is 10.9. The van der Waals surface area contributed by atoms with Gasteiger partial charge < -0.3 is 14.2 Å². The van der Waals surface area contributed by atoms with Crippen LogP contribution in [0.3, 0.4) is 0 Å². The van der Waals surface area contributed by atoms with Crippen LogP contribution in [-0.4, -0.2) is 48.7 Å². The summed E-state index contributed by atoms with van der Waals surface area (Å²) in [4.78, 5) is 51.6. The van der Waals surface area contributed by atoms with E-state index in [2.05, 4.69) is 21.2 Å². The van der Waals surface area contributed by atoms with Gasteiger partial charge in [0, 0.05) is 22.5 Å². The quantitative estimate of drug-likeness (QED) is 0.173. The Morgan fingerprint density at radius 1 is 1.03 bits per heavy atom. The Morgan fingerprint density at radius 2 is 1.60 bits per heavy atom. The highest BCUT2D eigenvalue weighted by molar-refractivity contribution is 9.10. The number of nitrogens with one attached hydrogen (secondary N) is 1. The number of hydrogen-bond donors (Lipinski definition) is 1. The summed E-state index contributed by atoms with van der Waals surface area (Å²) in [5.74, 6) is -2.77. The zero-order chi connectivity index (χ0) is 25.8. The van der Waals surface area contributed by atoms with Crippen LogP contribution in [0.25, 0.3) is 0 Å². The van der Waals surface area contributed by atoms with Crippen molar-refractivity contribution in [3.63, 3.8) is 0 Å². The van der Waals surface area contributed by atoms with Crippen molar-refractivity contribution in [3.8, 4) is 0 Å². The molecule has 0 amide bonds. The summed E-state index contributed by atoms with van der Waals surface area (Å²) in [5.41, 5.74) is -3.85. The second-order valence-electron chi connectivity index (χ2n) is 7.89. The smallest absolute Gasteiger partial charge is 0.338 e. The number of carbonyl (C=O) groups excluding carboxylic acids is 3. The van der Waals surface area contributed by atoms with Gasteiger partial charge in [-0.3, -0.25) is 20.2 Å². The van der Waals surface area contributed by atoms with Crippen LogP contribution in [0.1, 0.15) is 37.4 Å². The summed E-state index contributed by atoms with van der Waals surface area (Å²) in [7, 11) is 1.15. The average Bonchev–Trinajstić information content (AvgIpc) is 3.23. The Balaban J connectivity index is 2.40. The number of nitrogens with zero attached hydrogens (tertiary/aromatic N) is 1. The van der Waals surface area contributed by atoms with E-state index in [1.807, 2.05) is 0 Å². The van der Waals surface area contributed by atoms with E-state index in [0.717, 1.165) is 11.6 Å². The van der Waals surface area contributed by atoms with E-state index in [0.29, 0.717) is 5.56 Å². The molecule has 1 heterocycles. The lowest BCUT2D eigenvalue weighted by Gasteiger charge is -2.32. The molecule has 0 aliphatic carbocycles. The Labute approximate surface area is 210 Å². The zero-order valence-electron chi connectivity index (χ0n) is 19.4. The summed E-state index contributed by atoms with van der Waals surface area (Å²) in [6, 6.07) is 11.4. The number of methoxy groups -OCH3 is 1. The topological polar surface area (TPSA) is 134 Å². The molecule has 1 aliphatic rings. The minimum Gasteiger partial charge on any atom is -0.468 e. The van der Waals surface area contributed by atoms with Crippen LogP contribution in [0, 0.1) is 10.1 Å². The molecule has 1 saturated heterocycles. The van der Waals surface area contributed by atoms with Crippen LogP contribution in [0.4, 0.5) is 5.69 Å². The number of para-hydroxylation sites is 1. The van der Waals surface area contributed by atoms with Crippen molar-refractivity contribution in [1.29, 1.82) is 0 Å². The van der Waals surface area contributed by atoms with Crippen molar-refractivity contribution < 1.29 is 33.5 Å². The summed E-state index contributed by atoms with van der Waals surface area (Å²) in [5, 5.41) is 15.0. The van der Waals surface area contributed by atoms with E-state index in [4.69, 9.17) is 14.2 Å². The Hall–Kier alpha value is -3.31. The number of carbonyl (C=O) groups is 3. The molecule has 2 aromatic carbocycles. The maximum atomic E-state index is 13.6. The van der Waals surface area contributed by atoms with E-state index in [1.165, 1.54) is 18.2 Å². The van der Waals surface area contributed by atoms with Crippen molar-refractivity contribution >= 4 is 39.5 Å². The van der Waals surface area contributed by atoms with Crippen LogP contribution in [-0.2, 0) is 34.0 Å². The molecule has 0 bridgehead atoms. The minimum absolute atomic E-state index is 0.00672. The van der Waals surface area contributed by atoms with Gasteiger partial charge in [-0.25, -0.2) is 9.59 Å². The monoisotopic (exact) mass is 548 g/mol. The first-order chi connectivity index (χ1) is 16.7. The number of nitro benzene ring substituents is 1. The van der Waals surface area contributed by atoms with Crippen LogP contribution < -0.4 is 5.32 Å². The maximum absolute atomic E-state index is 13.6. The molecule has 0 aromatic heterocycles. The molecule has 11 heteroatoms. The Bertz CT molecular complexity index is 1120. The molecule has 1 fully saturated rings. The Kier molecular flexibility index (Phi) is 7.91. The predicted molar refractivity (Wildman–Crippen MR) is 127 cm³/mol. The minimum atomic E-state index is -2.12. The fraction of sp³-hybridized carbons (Fsp3) is 0.375. The first-order valence-corrected chi connectivity index (χ1v) is 11.7. The second kappa shape index (κ2) is 10.5. The fourth-order valence-electron chi connectivity index (χ4n) is 4.56. The highest BCUT2D eigenvalue weighted by Gasteiger charge is 2.69. The lowest BCUT2D eigenvalue weighted by molar-refractivity contribution is -0.386. The third-order valence-electron chi connectivity index (χ3n) is 6.01. The van der Waals surface area contributed by atoms with Crippen molar-refractivity contribution in [2.45, 2.75) is 37.3 Å². The van der Waals surface area contributed by atoms with E-state index in [1.54, 1.807) is 44.2 Å². The summed E-state index contributed by atoms with van der Waals surface area (Å²) < 4.78 is 16.4. The third-order valence-corrected chi connectivity index (χ3v) is 6.54. The lowest BCUT2D eigenvalue weighted by Crippen LogP contribution is -2.56. The van der Waals surface area contributed by atoms with Crippen LogP contribution in [0.5, 0.6) is 0 Å². The van der Waals surface area contributed by atoms with Gasteiger partial charge >= 0.3 is 17.9 Å². The molecule has 1 aliphatic heterocycles. The molecule has 0 spiro atoms. The molecular weight excluding hydrogens is 524 g/mol. The number of esters is 3. The molecule has 2 atom stereocenters. The molecule has 1 N–H and O–H groups in total. The van der Waals surface area contributed by atoms with E-state index >= 15 is 0 Å². The molecule has 10 nitrogen and oxygen atoms in total. The van der Waals surface area contributed by atoms with Crippen LogP contribution in [0.2, 0.25) is 0 Å². The molecule has 2 aromatic rings. The Morgan fingerprint density at radius 3 is 2.11 bits per heavy atom. The second-order valence-corrected chi connectivity index (χ2v) is 8.80. The van der Waals surface area contributed by atoms with Gasteiger partial charge in [0.1, 0.15) is 5.41 Å². The highest BCUT2D eigenvalue weighted by atomic mass is 79.9. The van der Waals surface area contributed by atoms with Crippen LogP contribution in [0.15, 0.2) is 53.0 Å². The maximum Gasteiger partial charge on any atom is 0.338 e. The van der Waals surface area contributed by atoms with Gasteiger partial charge in [0.2, 0.25) is 5.54 Å². The van der Waals surface area contributed by atoms with E-state index in [-0.39, 0.29) is 24.5 Å². The van der Waals surface area contributed by atoms with Gasteiger partial charge in [0.25, 0.3) is 5.69 Å². The number of rotatable bonds is 8. The molecule has 3 rings (SSSR count). The van der Waals surface area contributed by atoms with Crippen molar-refractivity contribution in [2.75, 3.05) is 20.3 Å². The largest absolute Gasteiger partial charge is 0.468 e. The SMILES string of the molecule is CCOC(=O)C1(C(=O)OCC)C[C@](C(=O)OC)(c2ccccc2[N+](=O)[O-])[C@@H](c2ccc(Br)cc2)N1. The van der Waals surface area contributed by atoms with E-state index < -0.39 is 46.2 Å². The number of nitro groups is 1. The number of halogens is 1. The van der Waals surface area contributed by atoms with Crippen molar-refractivity contribution in [2.24, 2.45) is 0 Å². The molecule has 0 unspecified atom stereocenters. The number of benzene rings is 2. The highest BCUT2D eigenvalue weighted by Crippen LogP contribution is 2.53. The molecule has 0 radical (unpaired) electrons. The molecule has 0 saturated carbocycles. The summed E-state index contributed by atoms with van der Waals surface area (Å²) >= 11 is 3.36. The number of ether oxygens (including phenoxy) is 3. The van der Waals surface area contributed by atoms with Crippen molar-refractivity contribution in [1.82, 2.24) is 5.32 Å². The lowest BCUT2D eigenvalue weighted by atomic mass is 9.69. The third kappa shape index (κ3) is 4.53. The number of hydrogen-bond acceptors (Lipinski definition) is 9. The summed E-state index contributed by atoms with van der Waals surface area (Å²) in [6.07, 6.45) is -0.518. The van der Waals surface area contributed by atoms with Crippen molar-refractivity contribution in [3.05, 3.63) is 74.2 Å². The predicted octanol–water partition coefficient (Wildman–Crippen LogP) is 3.37. The fourth-order valence-corrected chi connectivity index (χ4v) is 4.83. The van der Waals surface area contributed by atoms with Gasteiger partial charge in [-0.05, 0) is 31.5 Å². The van der Waals surface area contributed by atoms with Gasteiger partial charge in [0.15, 0.2) is 0 Å². The summed E-state index contributed by atoms with van der Waals surface area (Å²) in [6.45, 7) is 3.07. The van der Waals surface area contributed by atoms with Gasteiger partial charge in [-0.2, -0.15) is 0 Å². The van der Waals surface area contributed by atoms with Crippen LogP contribution >= 0.6 is 15.9 Å². The van der Waals surface area contributed by atoms with Gasteiger partial charge in [-0.1, -0.05) is 46.3 Å². The average molecular weight is 549 g/mol.